The van der Waals surface area contributed by atoms with Gasteiger partial charge in [0, 0.05) is 23.4 Å². The summed E-state index contributed by atoms with van der Waals surface area (Å²) in [6, 6.07) is 10.9. The number of H-pyrrole nitrogens is 1. The molecule has 31 heavy (non-hydrogen) atoms. The average molecular weight is 423 g/mol. The summed E-state index contributed by atoms with van der Waals surface area (Å²) < 4.78 is 33.0. The molecule has 2 aromatic heterocycles. The Kier molecular flexibility index (Phi) is 5.37. The molecule has 0 aliphatic heterocycles. The topological polar surface area (TPSA) is 88.0 Å². The Morgan fingerprint density at radius 1 is 1.16 bits per heavy atom. The summed E-state index contributed by atoms with van der Waals surface area (Å²) in [6.45, 7) is 3.33. The van der Waals surface area contributed by atoms with Crippen molar-refractivity contribution in [2.24, 2.45) is 0 Å². The van der Waals surface area contributed by atoms with Crippen LogP contribution >= 0.6 is 0 Å². The zero-order valence-corrected chi connectivity index (χ0v) is 16.8. The van der Waals surface area contributed by atoms with Crippen molar-refractivity contribution in [1.29, 1.82) is 0 Å². The molecule has 0 aliphatic carbocycles. The zero-order chi connectivity index (χ0) is 22.1. The van der Waals surface area contributed by atoms with E-state index in [9.17, 15) is 18.4 Å². The van der Waals surface area contributed by atoms with Crippen LogP contribution in [-0.4, -0.2) is 15.9 Å². The van der Waals surface area contributed by atoms with E-state index in [1.54, 1.807) is 38.1 Å². The van der Waals surface area contributed by atoms with Gasteiger partial charge in [-0.15, -0.1) is 0 Å². The molecule has 4 rings (SSSR count). The van der Waals surface area contributed by atoms with Crippen LogP contribution in [0.4, 0.5) is 8.78 Å². The number of halogens is 2. The van der Waals surface area contributed by atoms with E-state index in [1.165, 1.54) is 24.3 Å². The van der Waals surface area contributed by atoms with Crippen LogP contribution in [0, 0.1) is 25.5 Å². The van der Waals surface area contributed by atoms with E-state index >= 15 is 0 Å². The Balaban J connectivity index is 1.69. The lowest BCUT2D eigenvalue weighted by molar-refractivity contribution is 0.0909. The summed E-state index contributed by atoms with van der Waals surface area (Å²) in [5.74, 6) is -1.10. The molecule has 0 fully saturated rings. The van der Waals surface area contributed by atoms with E-state index in [0.717, 1.165) is 0 Å². The van der Waals surface area contributed by atoms with Crippen molar-refractivity contribution in [3.63, 3.8) is 0 Å². The Labute approximate surface area is 175 Å². The number of rotatable bonds is 5. The number of nitrogens with zero attached hydrogens (tertiary/aromatic N) is 1. The Morgan fingerprint density at radius 2 is 1.90 bits per heavy atom. The summed E-state index contributed by atoms with van der Waals surface area (Å²) in [6.07, 6.45) is 0.190. The highest BCUT2D eigenvalue weighted by atomic mass is 19.1. The smallest absolute Gasteiger partial charge is 0.287 e. The first-order chi connectivity index (χ1) is 14.8. The largest absolute Gasteiger partial charge is 0.448 e. The molecule has 1 amide bonds. The molecule has 2 N–H and O–H groups in total. The molecule has 2 aromatic carbocycles. The standard InChI is InChI=1S/C23H19F2N3O3/c1-12-17-4-3-5-18(25)22(17)31-21(12)23(30)28-19(14-6-8-15(24)9-7-14)10-16-11-20(29)27-13(2)26-16/h3-9,11,19H,10H2,1-2H3,(H,28,30)(H,26,27,29). The molecule has 1 atom stereocenters. The third-order valence-corrected chi connectivity index (χ3v) is 5.03. The first-order valence-corrected chi connectivity index (χ1v) is 9.62. The quantitative estimate of drug-likeness (QED) is 0.505. The van der Waals surface area contributed by atoms with Crippen LogP contribution in [0.1, 0.15) is 39.2 Å². The molecule has 2 heterocycles. The van der Waals surface area contributed by atoms with Gasteiger partial charge in [-0.05, 0) is 37.6 Å². The summed E-state index contributed by atoms with van der Waals surface area (Å²) in [5, 5.41) is 3.36. The number of aromatic nitrogens is 2. The predicted octanol–water partition coefficient (Wildman–Crippen LogP) is 4.12. The number of amides is 1. The highest BCUT2D eigenvalue weighted by molar-refractivity contribution is 5.99. The Morgan fingerprint density at radius 3 is 2.58 bits per heavy atom. The molecule has 4 aromatic rings. The molecule has 6 nitrogen and oxygen atoms in total. The second-order valence-electron chi connectivity index (χ2n) is 7.28. The predicted molar refractivity (Wildman–Crippen MR) is 111 cm³/mol. The van der Waals surface area contributed by atoms with Gasteiger partial charge >= 0.3 is 0 Å². The zero-order valence-electron chi connectivity index (χ0n) is 16.8. The van der Waals surface area contributed by atoms with Crippen LogP contribution in [0.2, 0.25) is 0 Å². The van der Waals surface area contributed by atoms with Gasteiger partial charge in [-0.1, -0.05) is 24.3 Å². The summed E-state index contributed by atoms with van der Waals surface area (Å²) >= 11 is 0. The second-order valence-corrected chi connectivity index (χ2v) is 7.28. The third kappa shape index (κ3) is 4.23. The fraction of sp³-hybridized carbons (Fsp3) is 0.174. The molecule has 0 saturated heterocycles. The first-order valence-electron chi connectivity index (χ1n) is 9.62. The molecule has 8 heteroatoms. The van der Waals surface area contributed by atoms with Crippen LogP contribution < -0.4 is 10.9 Å². The minimum atomic E-state index is -0.626. The maximum atomic E-state index is 14.1. The molecular formula is C23H19F2N3O3. The number of aromatic amines is 1. The van der Waals surface area contributed by atoms with Gasteiger partial charge in [0.05, 0.1) is 11.7 Å². The lowest BCUT2D eigenvalue weighted by Crippen LogP contribution is -2.30. The minimum Gasteiger partial charge on any atom is -0.448 e. The number of fused-ring (bicyclic) bond motifs is 1. The molecule has 0 spiro atoms. The molecule has 0 bridgehead atoms. The molecular weight excluding hydrogens is 404 g/mol. The van der Waals surface area contributed by atoms with Crippen molar-refractivity contribution < 1.29 is 18.0 Å². The van der Waals surface area contributed by atoms with Crippen LogP contribution in [-0.2, 0) is 6.42 Å². The van der Waals surface area contributed by atoms with Gasteiger partial charge < -0.3 is 14.7 Å². The maximum absolute atomic E-state index is 14.1. The van der Waals surface area contributed by atoms with Gasteiger partial charge in [-0.2, -0.15) is 0 Å². The van der Waals surface area contributed by atoms with Gasteiger partial charge in [0.15, 0.2) is 17.2 Å². The summed E-state index contributed by atoms with van der Waals surface area (Å²) in [5.41, 5.74) is 1.29. The highest BCUT2D eigenvalue weighted by Crippen LogP contribution is 2.28. The number of nitrogens with one attached hydrogen (secondary N) is 2. The van der Waals surface area contributed by atoms with Crippen LogP contribution in [0.25, 0.3) is 11.0 Å². The molecule has 0 saturated carbocycles. The van der Waals surface area contributed by atoms with Gasteiger partial charge in [0.25, 0.3) is 11.5 Å². The van der Waals surface area contributed by atoms with Crippen molar-refractivity contribution in [2.45, 2.75) is 26.3 Å². The number of aryl methyl sites for hydroxylation is 2. The number of carbonyl (C=O) groups excluding carboxylic acids is 1. The number of hydrogen-bond donors (Lipinski definition) is 2. The van der Waals surface area contributed by atoms with Crippen molar-refractivity contribution in [1.82, 2.24) is 15.3 Å². The van der Waals surface area contributed by atoms with Gasteiger partial charge in [-0.3, -0.25) is 9.59 Å². The van der Waals surface area contributed by atoms with Gasteiger partial charge in [-0.25, -0.2) is 13.8 Å². The molecule has 158 valence electrons. The number of benzene rings is 2. The van der Waals surface area contributed by atoms with Crippen molar-refractivity contribution >= 4 is 16.9 Å². The van der Waals surface area contributed by atoms with Gasteiger partial charge in [0.1, 0.15) is 11.6 Å². The van der Waals surface area contributed by atoms with Crippen LogP contribution in [0.5, 0.6) is 0 Å². The lowest BCUT2D eigenvalue weighted by Gasteiger charge is -2.19. The second kappa shape index (κ2) is 8.14. The summed E-state index contributed by atoms with van der Waals surface area (Å²) in [4.78, 5) is 31.7. The van der Waals surface area contributed by atoms with Crippen molar-refractivity contribution in [2.75, 3.05) is 0 Å². The van der Waals surface area contributed by atoms with Crippen molar-refractivity contribution in [3.8, 4) is 0 Å². The average Bonchev–Trinajstić information content (AvgIpc) is 3.05. The molecule has 0 radical (unpaired) electrons. The number of para-hydroxylation sites is 1. The van der Waals surface area contributed by atoms with E-state index in [-0.39, 0.29) is 23.3 Å². The highest BCUT2D eigenvalue weighted by Gasteiger charge is 2.23. The van der Waals surface area contributed by atoms with E-state index in [1.807, 2.05) is 0 Å². The van der Waals surface area contributed by atoms with Crippen LogP contribution in [0.15, 0.2) is 57.7 Å². The summed E-state index contributed by atoms with van der Waals surface area (Å²) in [7, 11) is 0. The SMILES string of the molecule is Cc1nc(CC(NC(=O)c2oc3c(F)cccc3c2C)c2ccc(F)cc2)cc(=O)[nH]1. The van der Waals surface area contributed by atoms with E-state index in [0.29, 0.717) is 28.0 Å². The fourth-order valence-electron chi connectivity index (χ4n) is 3.55. The van der Waals surface area contributed by atoms with E-state index in [4.69, 9.17) is 4.42 Å². The van der Waals surface area contributed by atoms with Gasteiger partial charge in [0.2, 0.25) is 0 Å². The van der Waals surface area contributed by atoms with Crippen LogP contribution in [0.3, 0.4) is 0 Å². The number of carbonyl (C=O) groups is 1. The third-order valence-electron chi connectivity index (χ3n) is 5.03. The molecule has 1 unspecified atom stereocenters. The Bertz CT molecular complexity index is 1330. The monoisotopic (exact) mass is 423 g/mol. The van der Waals surface area contributed by atoms with Crippen molar-refractivity contribution in [3.05, 3.63) is 98.9 Å². The minimum absolute atomic E-state index is 0.00960. The Hall–Kier alpha value is -3.81. The normalized spacial score (nSPS) is 12.1. The van der Waals surface area contributed by atoms with E-state index in [2.05, 4.69) is 15.3 Å². The maximum Gasteiger partial charge on any atom is 0.287 e. The first kappa shape index (κ1) is 20.5. The lowest BCUT2D eigenvalue weighted by atomic mass is 10.0. The fourth-order valence-corrected chi connectivity index (χ4v) is 3.55. The van der Waals surface area contributed by atoms with E-state index < -0.39 is 23.6 Å². The number of hydrogen-bond acceptors (Lipinski definition) is 4. The molecule has 0 aliphatic rings. The number of furan rings is 1.